The van der Waals surface area contributed by atoms with Crippen molar-refractivity contribution in [1.82, 2.24) is 14.0 Å². The molecule has 39 heavy (non-hydrogen) atoms. The molecule has 2 amide bonds. The van der Waals surface area contributed by atoms with Crippen LogP contribution in [0.3, 0.4) is 0 Å². The van der Waals surface area contributed by atoms with Gasteiger partial charge in [-0.15, -0.1) is 0 Å². The van der Waals surface area contributed by atoms with Crippen LogP contribution in [0.4, 0.5) is 0 Å². The topological polar surface area (TPSA) is 111 Å². The maximum atomic E-state index is 14.1. The first-order chi connectivity index (χ1) is 18.7. The molecule has 1 saturated carbocycles. The number of hydrogen-bond acceptors (Lipinski definition) is 4. The van der Waals surface area contributed by atoms with E-state index in [1.807, 2.05) is 29.2 Å². The lowest BCUT2D eigenvalue weighted by Crippen LogP contribution is -2.50. The maximum Gasteiger partial charge on any atom is 0.265 e. The number of amides is 2. The molecule has 0 atom stereocenters. The molecule has 3 N–H and O–H groups in total. The number of nitrogens with zero attached hydrogens (tertiary/aromatic N) is 3. The molecule has 2 fully saturated rings. The lowest BCUT2D eigenvalue weighted by molar-refractivity contribution is -0.135. The van der Waals surface area contributed by atoms with Gasteiger partial charge in [-0.25, -0.2) is 0 Å². The fraction of sp³-hybridized carbons (Fsp3) is 0.323. The van der Waals surface area contributed by atoms with E-state index in [0.717, 1.165) is 22.2 Å². The number of fused-ring (bicyclic) bond motifs is 1. The molecule has 0 bridgehead atoms. The molecule has 0 unspecified atom stereocenters. The predicted octanol–water partition coefficient (Wildman–Crippen LogP) is 3.49. The van der Waals surface area contributed by atoms with Gasteiger partial charge in [-0.2, -0.15) is 0 Å². The SMILES string of the molecule is CC(=O)N1CC(Cc2cc3cc(C4CC4)ccc3c(=O)n2-c2cccc(-c3cc(C(N)=O)n(C)c3)c2CO)C1. The minimum atomic E-state index is -0.538. The maximum absolute atomic E-state index is 14.1. The monoisotopic (exact) mass is 524 g/mol. The molecule has 200 valence electrons. The molecule has 1 saturated heterocycles. The molecule has 8 heteroatoms. The van der Waals surface area contributed by atoms with Gasteiger partial charge in [0.2, 0.25) is 5.91 Å². The van der Waals surface area contributed by atoms with E-state index in [2.05, 4.69) is 18.2 Å². The standard InChI is InChI=1S/C31H32N4O4/c1-18(37)34-14-19(15-34)10-24-12-22-11-21(20-6-7-20)8-9-26(22)31(39)35(24)28-5-3-4-25(27(28)17-36)23-13-29(30(32)38)33(2)16-23/h3-5,8-9,11-13,16,19-20,36H,6-7,10,14-15,17H2,1-2H3,(H2,32,38). The van der Waals surface area contributed by atoms with Gasteiger partial charge in [0.1, 0.15) is 5.69 Å². The van der Waals surface area contributed by atoms with Crippen molar-refractivity contribution >= 4 is 22.6 Å². The minimum Gasteiger partial charge on any atom is -0.392 e. The van der Waals surface area contributed by atoms with Crippen LogP contribution in [0.2, 0.25) is 0 Å². The second kappa shape index (κ2) is 9.54. The summed E-state index contributed by atoms with van der Waals surface area (Å²) >= 11 is 0. The van der Waals surface area contributed by atoms with Crippen LogP contribution in [-0.4, -0.2) is 44.0 Å². The third-order valence-electron chi connectivity index (χ3n) is 8.19. The number of aromatic nitrogens is 2. The van der Waals surface area contributed by atoms with Crippen LogP contribution in [0.15, 0.2) is 59.5 Å². The Hall–Kier alpha value is -4.17. The Morgan fingerprint density at radius 3 is 2.49 bits per heavy atom. The number of aliphatic hydroxyl groups is 1. The van der Waals surface area contributed by atoms with Crippen LogP contribution in [0.25, 0.3) is 27.6 Å². The number of nitrogens with two attached hydrogens (primary N) is 1. The van der Waals surface area contributed by atoms with E-state index in [1.165, 1.54) is 18.4 Å². The first kappa shape index (κ1) is 25.1. The molecule has 0 spiro atoms. The molecule has 0 radical (unpaired) electrons. The Labute approximate surface area is 226 Å². The highest BCUT2D eigenvalue weighted by atomic mass is 16.3. The molecule has 1 aliphatic carbocycles. The molecule has 2 aromatic carbocycles. The third kappa shape index (κ3) is 4.44. The van der Waals surface area contributed by atoms with Crippen molar-refractivity contribution in [1.29, 1.82) is 0 Å². The number of aliphatic hydroxyl groups excluding tert-OH is 1. The average molecular weight is 525 g/mol. The number of benzene rings is 2. The highest BCUT2D eigenvalue weighted by Crippen LogP contribution is 2.41. The summed E-state index contributed by atoms with van der Waals surface area (Å²) in [7, 11) is 1.75. The molecule has 8 nitrogen and oxygen atoms in total. The van der Waals surface area contributed by atoms with Crippen molar-refractivity contribution in [3.8, 4) is 16.8 Å². The van der Waals surface area contributed by atoms with E-state index in [0.29, 0.717) is 47.8 Å². The average Bonchev–Trinajstić information content (AvgIpc) is 3.66. The molecular weight excluding hydrogens is 492 g/mol. The summed E-state index contributed by atoms with van der Waals surface area (Å²) in [6, 6.07) is 15.5. The van der Waals surface area contributed by atoms with Gasteiger partial charge in [0.05, 0.1) is 12.3 Å². The fourth-order valence-electron chi connectivity index (χ4n) is 5.90. The number of pyridine rings is 1. The number of carbonyl (C=O) groups excluding carboxylic acids is 2. The van der Waals surface area contributed by atoms with Crippen molar-refractivity contribution in [3.63, 3.8) is 0 Å². The van der Waals surface area contributed by atoms with Gasteiger partial charge in [-0.05, 0) is 71.9 Å². The quantitative estimate of drug-likeness (QED) is 0.386. The van der Waals surface area contributed by atoms with Crippen molar-refractivity contribution < 1.29 is 14.7 Å². The summed E-state index contributed by atoms with van der Waals surface area (Å²) < 4.78 is 3.39. The minimum absolute atomic E-state index is 0.0599. The molecular formula is C31H32N4O4. The van der Waals surface area contributed by atoms with Crippen molar-refractivity contribution in [3.05, 3.63) is 87.6 Å². The van der Waals surface area contributed by atoms with E-state index in [-0.39, 0.29) is 24.0 Å². The lowest BCUT2D eigenvalue weighted by atomic mass is 9.92. The van der Waals surface area contributed by atoms with E-state index in [9.17, 15) is 19.5 Å². The molecule has 6 rings (SSSR count). The second-order valence-electron chi connectivity index (χ2n) is 10.9. The summed E-state index contributed by atoms with van der Waals surface area (Å²) in [4.78, 5) is 39.6. The summed E-state index contributed by atoms with van der Waals surface area (Å²) in [6.07, 6.45) is 4.80. The zero-order chi connectivity index (χ0) is 27.4. The van der Waals surface area contributed by atoms with Crippen LogP contribution < -0.4 is 11.3 Å². The Morgan fingerprint density at radius 2 is 1.85 bits per heavy atom. The van der Waals surface area contributed by atoms with Gasteiger partial charge in [0.25, 0.3) is 11.5 Å². The van der Waals surface area contributed by atoms with E-state index >= 15 is 0 Å². The number of likely N-dealkylation sites (tertiary alicyclic amines) is 1. The summed E-state index contributed by atoms with van der Waals surface area (Å²) in [5.74, 6) is 0.343. The lowest BCUT2D eigenvalue weighted by Gasteiger charge is -2.39. The molecule has 4 aromatic rings. The van der Waals surface area contributed by atoms with Crippen LogP contribution >= 0.6 is 0 Å². The van der Waals surface area contributed by atoms with Gasteiger partial charge in [0, 0.05) is 55.5 Å². The smallest absolute Gasteiger partial charge is 0.265 e. The van der Waals surface area contributed by atoms with E-state index in [4.69, 9.17) is 5.73 Å². The second-order valence-corrected chi connectivity index (χ2v) is 10.9. The van der Waals surface area contributed by atoms with Gasteiger partial charge >= 0.3 is 0 Å². The summed E-state index contributed by atoms with van der Waals surface area (Å²) in [5.41, 5.74) is 10.5. The Bertz CT molecular complexity index is 1690. The van der Waals surface area contributed by atoms with Crippen LogP contribution in [0, 0.1) is 5.92 Å². The Kier molecular flexibility index (Phi) is 6.14. The van der Waals surface area contributed by atoms with Crippen LogP contribution in [-0.2, 0) is 24.9 Å². The Morgan fingerprint density at radius 1 is 1.08 bits per heavy atom. The Balaban J connectivity index is 1.52. The predicted molar refractivity (Wildman–Crippen MR) is 150 cm³/mol. The highest BCUT2D eigenvalue weighted by molar-refractivity contribution is 5.93. The van der Waals surface area contributed by atoms with Crippen molar-refractivity contribution in [2.24, 2.45) is 18.7 Å². The fourth-order valence-corrected chi connectivity index (χ4v) is 5.90. The largest absolute Gasteiger partial charge is 0.392 e. The molecule has 2 aliphatic rings. The first-order valence-corrected chi connectivity index (χ1v) is 13.4. The number of hydrogen-bond donors (Lipinski definition) is 2. The van der Waals surface area contributed by atoms with Crippen LogP contribution in [0.1, 0.15) is 53.0 Å². The molecule has 3 heterocycles. The number of carbonyl (C=O) groups is 2. The molecule has 1 aliphatic heterocycles. The normalized spacial score (nSPS) is 15.5. The zero-order valence-corrected chi connectivity index (χ0v) is 22.2. The van der Waals surface area contributed by atoms with Gasteiger partial charge in [-0.1, -0.05) is 24.3 Å². The van der Waals surface area contributed by atoms with Crippen molar-refractivity contribution in [2.45, 2.75) is 38.7 Å². The van der Waals surface area contributed by atoms with Crippen LogP contribution in [0.5, 0.6) is 0 Å². The van der Waals surface area contributed by atoms with E-state index < -0.39 is 5.91 Å². The van der Waals surface area contributed by atoms with Gasteiger partial charge in [0.15, 0.2) is 0 Å². The summed E-state index contributed by atoms with van der Waals surface area (Å²) in [6.45, 7) is 2.61. The van der Waals surface area contributed by atoms with Gasteiger partial charge < -0.3 is 20.3 Å². The number of rotatable bonds is 7. The summed E-state index contributed by atoms with van der Waals surface area (Å²) in [5, 5.41) is 12.1. The van der Waals surface area contributed by atoms with E-state index in [1.54, 1.807) is 35.4 Å². The number of primary amides is 1. The third-order valence-corrected chi connectivity index (χ3v) is 8.19. The van der Waals surface area contributed by atoms with Crippen molar-refractivity contribution in [2.75, 3.05) is 13.1 Å². The highest BCUT2D eigenvalue weighted by Gasteiger charge is 2.30. The zero-order valence-electron chi connectivity index (χ0n) is 22.2. The number of aryl methyl sites for hydroxylation is 1. The molecule has 2 aromatic heterocycles. The first-order valence-electron chi connectivity index (χ1n) is 13.4. The van der Waals surface area contributed by atoms with Gasteiger partial charge in [-0.3, -0.25) is 19.0 Å².